The van der Waals surface area contributed by atoms with Gasteiger partial charge in [-0.25, -0.2) is 0 Å². The zero-order chi connectivity index (χ0) is 47.4. The highest BCUT2D eigenvalue weighted by atomic mass is 32.1. The summed E-state index contributed by atoms with van der Waals surface area (Å²) in [6.45, 7) is 8.96. The van der Waals surface area contributed by atoms with E-state index in [-0.39, 0.29) is 0 Å². The molecular weight excluding hydrogens is 933 g/mol. The van der Waals surface area contributed by atoms with Crippen molar-refractivity contribution in [2.24, 2.45) is 0 Å². The maximum absolute atomic E-state index is 11.3. The number of ether oxygens (including phenoxy) is 3. The summed E-state index contributed by atoms with van der Waals surface area (Å²) < 4.78 is 25.7. The molecule has 4 nitrogen and oxygen atoms in total. The van der Waals surface area contributed by atoms with Crippen molar-refractivity contribution in [3.63, 3.8) is 0 Å². The molecule has 0 aliphatic carbocycles. The summed E-state index contributed by atoms with van der Waals surface area (Å²) in [7, 11) is 0. The minimum absolute atomic E-state index is 0.686. The Kier molecular flexibility index (Phi) is 26.0. The van der Waals surface area contributed by atoms with Crippen molar-refractivity contribution in [2.45, 2.75) is 213 Å². The van der Waals surface area contributed by atoms with Gasteiger partial charge in [-0.3, -0.25) is 4.79 Å². The van der Waals surface area contributed by atoms with E-state index < -0.39 is 0 Å². The van der Waals surface area contributed by atoms with Crippen LogP contribution in [0.25, 0.3) is 48.7 Å². The van der Waals surface area contributed by atoms with Gasteiger partial charge in [-0.05, 0) is 73.4 Å². The number of hydrogen-bond donors (Lipinski definition) is 0. The Morgan fingerprint density at radius 2 is 0.735 bits per heavy atom. The first-order valence-corrected chi connectivity index (χ1v) is 31.4. The molecule has 0 fully saturated rings. The summed E-state index contributed by atoms with van der Waals surface area (Å²) in [6, 6.07) is 17.7. The average Bonchev–Trinajstić information content (AvgIpc) is 4.21. The molecule has 0 bridgehead atoms. The SMILES string of the molecule is CCCCCCCCCCCCOc1cc(-c2cc3sc4cc(-c5ccc(-c6ccc(C=O)s6)s5)sc4c3s2)cc(OCCCCCCCCCCCC)c1OCCCCCCCCCCCC. The van der Waals surface area contributed by atoms with E-state index in [4.69, 9.17) is 14.2 Å². The largest absolute Gasteiger partial charge is 0.490 e. The topological polar surface area (TPSA) is 44.8 Å². The van der Waals surface area contributed by atoms with Crippen LogP contribution in [0.3, 0.4) is 0 Å². The van der Waals surface area contributed by atoms with E-state index in [0.29, 0.717) is 19.8 Å². The number of hydrogen-bond acceptors (Lipinski definition) is 9. The summed E-state index contributed by atoms with van der Waals surface area (Å²) in [4.78, 5) is 18.3. The summed E-state index contributed by atoms with van der Waals surface area (Å²) >= 11 is 9.07. The van der Waals surface area contributed by atoms with Crippen LogP contribution in [0.4, 0.5) is 0 Å². The van der Waals surface area contributed by atoms with Crippen LogP contribution in [0.5, 0.6) is 17.2 Å². The lowest BCUT2D eigenvalue weighted by molar-refractivity contribution is 0.112. The van der Waals surface area contributed by atoms with Crippen molar-refractivity contribution in [1.29, 1.82) is 0 Å². The monoisotopic (exact) mass is 1020 g/mol. The molecule has 6 rings (SSSR count). The first-order valence-electron chi connectivity index (χ1n) is 27.3. The Morgan fingerprint density at radius 1 is 0.368 bits per heavy atom. The van der Waals surface area contributed by atoms with Gasteiger partial charge in [0.1, 0.15) is 0 Å². The van der Waals surface area contributed by atoms with Crippen LogP contribution in [0.2, 0.25) is 0 Å². The van der Waals surface area contributed by atoms with Gasteiger partial charge in [0.2, 0.25) is 5.75 Å². The second-order valence-corrected chi connectivity index (χ2v) is 24.5. The van der Waals surface area contributed by atoms with E-state index in [1.165, 1.54) is 212 Å². The van der Waals surface area contributed by atoms with E-state index >= 15 is 0 Å². The fourth-order valence-corrected chi connectivity index (χ4v) is 15.1. The third kappa shape index (κ3) is 18.2. The van der Waals surface area contributed by atoms with Gasteiger partial charge in [-0.1, -0.05) is 194 Å². The van der Waals surface area contributed by atoms with Gasteiger partial charge in [-0.2, -0.15) is 0 Å². The number of rotatable bonds is 40. The van der Waals surface area contributed by atoms with Crippen molar-refractivity contribution in [2.75, 3.05) is 19.8 Å². The summed E-state index contributed by atoms with van der Waals surface area (Å²) in [5, 5.41) is 0. The molecule has 0 spiro atoms. The molecule has 0 N–H and O–H groups in total. The summed E-state index contributed by atoms with van der Waals surface area (Å²) in [5.74, 6) is 2.47. The molecule has 68 heavy (non-hydrogen) atoms. The van der Waals surface area contributed by atoms with Crippen LogP contribution < -0.4 is 14.2 Å². The minimum atomic E-state index is 0.686. The van der Waals surface area contributed by atoms with Gasteiger partial charge < -0.3 is 14.2 Å². The van der Waals surface area contributed by atoms with Crippen LogP contribution in [0, 0.1) is 0 Å². The fourth-order valence-electron chi connectivity index (χ4n) is 9.13. The number of fused-ring (bicyclic) bond motifs is 3. The van der Waals surface area contributed by atoms with E-state index in [2.05, 4.69) is 63.2 Å². The lowest BCUT2D eigenvalue weighted by Gasteiger charge is -2.19. The minimum Gasteiger partial charge on any atom is -0.490 e. The predicted octanol–water partition coefficient (Wildman–Crippen LogP) is 22.0. The van der Waals surface area contributed by atoms with Crippen molar-refractivity contribution in [3.05, 3.63) is 53.4 Å². The van der Waals surface area contributed by atoms with Crippen molar-refractivity contribution >= 4 is 81.8 Å². The normalized spacial score (nSPS) is 11.7. The Labute approximate surface area is 431 Å². The van der Waals surface area contributed by atoms with E-state index in [1.807, 2.05) is 51.4 Å². The highest BCUT2D eigenvalue weighted by Gasteiger charge is 2.21. The molecule has 5 aromatic heterocycles. The van der Waals surface area contributed by atoms with Gasteiger partial charge in [-0.15, -0.1) is 56.7 Å². The van der Waals surface area contributed by atoms with Crippen LogP contribution >= 0.6 is 56.7 Å². The van der Waals surface area contributed by atoms with Gasteiger partial charge in [0, 0.05) is 33.8 Å². The molecular formula is C59H84O4S5. The molecule has 0 unspecified atom stereocenters. The maximum Gasteiger partial charge on any atom is 0.203 e. The Balaban J connectivity index is 1.16. The number of benzene rings is 1. The van der Waals surface area contributed by atoms with Crippen molar-refractivity contribution < 1.29 is 19.0 Å². The first-order chi connectivity index (χ1) is 33.6. The average molecular weight is 1020 g/mol. The molecule has 0 saturated heterocycles. The van der Waals surface area contributed by atoms with E-state index in [0.717, 1.165) is 58.1 Å². The van der Waals surface area contributed by atoms with Crippen molar-refractivity contribution in [1.82, 2.24) is 0 Å². The van der Waals surface area contributed by atoms with E-state index in [9.17, 15) is 4.79 Å². The van der Waals surface area contributed by atoms with Crippen LogP contribution in [0.15, 0.2) is 48.5 Å². The fraction of sp³-hybridized carbons (Fsp3) is 0.610. The Hall–Kier alpha value is -2.69. The molecule has 0 aliphatic heterocycles. The first kappa shape index (κ1) is 54.6. The highest BCUT2D eigenvalue weighted by molar-refractivity contribution is 7.40. The van der Waals surface area contributed by atoms with Gasteiger partial charge in [0.05, 0.1) is 34.1 Å². The van der Waals surface area contributed by atoms with Crippen LogP contribution in [0.1, 0.15) is 223 Å². The molecule has 0 amide bonds. The second-order valence-electron chi connectivity index (χ2n) is 19.1. The number of carbonyl (C=O) groups excluding carboxylic acids is 1. The maximum atomic E-state index is 11.3. The highest BCUT2D eigenvalue weighted by Crippen LogP contribution is 2.51. The molecule has 0 saturated carbocycles. The number of thiophene rings is 5. The third-order valence-electron chi connectivity index (χ3n) is 13.2. The van der Waals surface area contributed by atoms with Crippen LogP contribution in [-0.2, 0) is 0 Å². The van der Waals surface area contributed by atoms with E-state index in [1.54, 1.807) is 11.3 Å². The molecule has 0 radical (unpaired) electrons. The Bertz CT molecular complexity index is 2220. The van der Waals surface area contributed by atoms with Gasteiger partial charge >= 0.3 is 0 Å². The van der Waals surface area contributed by atoms with Crippen molar-refractivity contribution in [3.8, 4) is 47.2 Å². The molecule has 0 atom stereocenters. The molecule has 374 valence electrons. The zero-order valence-electron chi connectivity index (χ0n) is 42.2. The molecule has 9 heteroatoms. The quantitative estimate of drug-likeness (QED) is 0.0284. The smallest absolute Gasteiger partial charge is 0.203 e. The zero-order valence-corrected chi connectivity index (χ0v) is 46.3. The summed E-state index contributed by atoms with van der Waals surface area (Å²) in [5.41, 5.74) is 1.15. The third-order valence-corrected chi connectivity index (χ3v) is 19.5. The van der Waals surface area contributed by atoms with Crippen LogP contribution in [-0.4, -0.2) is 26.1 Å². The molecule has 5 heterocycles. The Morgan fingerprint density at radius 3 is 1.18 bits per heavy atom. The van der Waals surface area contributed by atoms with Gasteiger partial charge in [0.25, 0.3) is 0 Å². The lowest BCUT2D eigenvalue weighted by Crippen LogP contribution is -2.06. The summed E-state index contributed by atoms with van der Waals surface area (Å²) in [6.07, 6.45) is 40.1. The number of aldehydes is 1. The lowest BCUT2D eigenvalue weighted by atomic mass is 10.1. The molecule has 6 aromatic rings. The predicted molar refractivity (Wildman–Crippen MR) is 305 cm³/mol. The number of unbranched alkanes of at least 4 members (excludes halogenated alkanes) is 27. The van der Waals surface area contributed by atoms with Gasteiger partial charge in [0.15, 0.2) is 17.8 Å². The second kappa shape index (κ2) is 32.3. The standard InChI is InChI=1S/C59H84O4S5/c1-4-7-10-13-16-19-22-25-28-31-38-61-48-41-46(53-43-55-58(67-53)59-56(66-55)44-54(68-59)52-37-36-51(65-52)50-35-34-47(45-60)64-50)42-49(62-39-32-29-26-23-20-17-14-11-8-5-2)57(48)63-40-33-30-27-24-21-18-15-12-9-6-3/h34-37,41-45H,4-33,38-40H2,1-3H3. The molecule has 0 aliphatic rings. The molecule has 1 aromatic carbocycles. The number of carbonyl (C=O) groups is 1.